The third-order valence-corrected chi connectivity index (χ3v) is 2.46. The van der Waals surface area contributed by atoms with Gasteiger partial charge in [0, 0.05) is 0 Å². The summed E-state index contributed by atoms with van der Waals surface area (Å²) in [5.41, 5.74) is 0.847. The lowest BCUT2D eigenvalue weighted by atomic mass is 10.0. The highest BCUT2D eigenvalue weighted by Gasteiger charge is 2.16. The molecule has 1 aromatic carbocycles. The Morgan fingerprint density at radius 1 is 1.56 bits per heavy atom. The van der Waals surface area contributed by atoms with Crippen molar-refractivity contribution < 1.29 is 14.3 Å². The van der Waals surface area contributed by atoms with Gasteiger partial charge in [-0.05, 0) is 36.8 Å². The average Bonchev–Trinajstić information content (AvgIpc) is 2.38. The Bertz CT molecular complexity index is 455. The fraction of sp³-hybridized carbons (Fsp3) is 0.385. The molecule has 0 aromatic heterocycles. The van der Waals surface area contributed by atoms with E-state index in [0.29, 0.717) is 12.4 Å². The molecule has 96 valence electrons. The average molecular weight is 265 g/mol. The van der Waals surface area contributed by atoms with Crippen LogP contribution in [0.15, 0.2) is 29.3 Å². The molecule has 0 aliphatic rings. The molecule has 0 amide bonds. The number of isothiocyanates is 1. The minimum Gasteiger partial charge on any atom is -0.497 e. The molecule has 5 heteroatoms. The van der Waals surface area contributed by atoms with Gasteiger partial charge in [0.05, 0.1) is 31.3 Å². The number of hydrogen-bond acceptors (Lipinski definition) is 5. The van der Waals surface area contributed by atoms with E-state index < -0.39 is 0 Å². The van der Waals surface area contributed by atoms with Crippen molar-refractivity contribution in [1.29, 1.82) is 0 Å². The molecule has 0 radical (unpaired) electrons. The number of carbonyl (C=O) groups is 1. The predicted octanol–water partition coefficient (Wildman–Crippen LogP) is 2.79. The quantitative estimate of drug-likeness (QED) is 0.451. The van der Waals surface area contributed by atoms with E-state index in [1.54, 1.807) is 14.0 Å². The van der Waals surface area contributed by atoms with Crippen LogP contribution in [0.25, 0.3) is 0 Å². The standard InChI is InChI=1S/C13H15NO3S/c1-3-17-13(15)8-12(14-9-18)10-5-4-6-11(7-10)16-2/h4-7,12H,3,8H2,1-2H3. The SMILES string of the molecule is CCOC(=O)CC(N=C=S)c1cccc(OC)c1. The highest BCUT2D eigenvalue weighted by molar-refractivity contribution is 7.78. The van der Waals surface area contributed by atoms with Gasteiger partial charge in [0.25, 0.3) is 0 Å². The number of benzene rings is 1. The van der Waals surface area contributed by atoms with E-state index in [1.165, 1.54) is 0 Å². The second kappa shape index (κ2) is 7.58. The van der Waals surface area contributed by atoms with Crippen molar-refractivity contribution in [2.75, 3.05) is 13.7 Å². The van der Waals surface area contributed by atoms with Crippen LogP contribution in [-0.2, 0) is 9.53 Å². The molecule has 0 N–H and O–H groups in total. The molecule has 1 aromatic rings. The lowest BCUT2D eigenvalue weighted by Gasteiger charge is -2.11. The second-order valence-electron chi connectivity index (χ2n) is 3.52. The summed E-state index contributed by atoms with van der Waals surface area (Å²) in [6, 6.07) is 6.97. The first-order chi connectivity index (χ1) is 8.71. The van der Waals surface area contributed by atoms with Crippen LogP contribution in [0.2, 0.25) is 0 Å². The number of rotatable bonds is 6. The molecule has 0 fully saturated rings. The van der Waals surface area contributed by atoms with Gasteiger partial charge in [-0.3, -0.25) is 4.79 Å². The second-order valence-corrected chi connectivity index (χ2v) is 3.70. The number of thiocarbonyl (C=S) groups is 1. The van der Waals surface area contributed by atoms with Gasteiger partial charge in [0.15, 0.2) is 0 Å². The van der Waals surface area contributed by atoms with Gasteiger partial charge < -0.3 is 9.47 Å². The van der Waals surface area contributed by atoms with Gasteiger partial charge in [-0.15, -0.1) is 0 Å². The lowest BCUT2D eigenvalue weighted by Crippen LogP contribution is -2.09. The number of hydrogen-bond donors (Lipinski definition) is 0. The minimum atomic E-state index is -0.378. The zero-order chi connectivity index (χ0) is 13.4. The van der Waals surface area contributed by atoms with E-state index in [0.717, 1.165) is 5.56 Å². The van der Waals surface area contributed by atoms with E-state index in [4.69, 9.17) is 9.47 Å². The smallest absolute Gasteiger partial charge is 0.308 e. The first kappa shape index (κ1) is 14.4. The molecule has 4 nitrogen and oxygen atoms in total. The molecule has 0 bridgehead atoms. The number of carbonyl (C=O) groups excluding carboxylic acids is 1. The highest BCUT2D eigenvalue weighted by Crippen LogP contribution is 2.24. The van der Waals surface area contributed by atoms with Gasteiger partial charge in [0.1, 0.15) is 5.75 Å². The van der Waals surface area contributed by atoms with Crippen molar-refractivity contribution in [2.45, 2.75) is 19.4 Å². The normalized spacial score (nSPS) is 11.2. The molecule has 0 heterocycles. The Morgan fingerprint density at radius 3 is 2.94 bits per heavy atom. The molecular weight excluding hydrogens is 250 g/mol. The first-order valence-electron chi connectivity index (χ1n) is 5.57. The van der Waals surface area contributed by atoms with Gasteiger partial charge in [0.2, 0.25) is 0 Å². The van der Waals surface area contributed by atoms with Crippen LogP contribution in [0.3, 0.4) is 0 Å². The minimum absolute atomic E-state index is 0.143. The molecule has 1 unspecified atom stereocenters. The molecule has 1 rings (SSSR count). The Kier molecular flexibility index (Phi) is 6.05. The van der Waals surface area contributed by atoms with E-state index in [9.17, 15) is 4.79 Å². The maximum absolute atomic E-state index is 11.5. The third-order valence-electron chi connectivity index (χ3n) is 2.35. The van der Waals surface area contributed by atoms with Crippen LogP contribution >= 0.6 is 12.2 Å². The largest absolute Gasteiger partial charge is 0.497 e. The van der Waals surface area contributed by atoms with Crippen LogP contribution in [0, 0.1) is 0 Å². The molecule has 1 atom stereocenters. The molecule has 0 aliphatic heterocycles. The van der Waals surface area contributed by atoms with Crippen molar-refractivity contribution in [1.82, 2.24) is 0 Å². The zero-order valence-electron chi connectivity index (χ0n) is 10.4. The summed E-state index contributed by atoms with van der Waals surface area (Å²) in [7, 11) is 1.59. The Balaban J connectivity index is 2.89. The lowest BCUT2D eigenvalue weighted by molar-refractivity contribution is -0.143. The summed E-state index contributed by atoms with van der Waals surface area (Å²) in [5, 5.41) is 2.31. The van der Waals surface area contributed by atoms with Gasteiger partial charge in [-0.25, -0.2) is 4.99 Å². The summed E-state index contributed by atoms with van der Waals surface area (Å²) in [6.07, 6.45) is 0.143. The summed E-state index contributed by atoms with van der Waals surface area (Å²) in [4.78, 5) is 15.5. The summed E-state index contributed by atoms with van der Waals surface area (Å²) >= 11 is 4.61. The third kappa shape index (κ3) is 4.28. The number of aliphatic imine (C=N–C) groups is 1. The summed E-state index contributed by atoms with van der Waals surface area (Å²) in [6.45, 7) is 2.12. The van der Waals surface area contributed by atoms with E-state index in [-0.39, 0.29) is 18.4 Å². The molecular formula is C13H15NO3S. The van der Waals surface area contributed by atoms with Crippen molar-refractivity contribution >= 4 is 23.3 Å². The van der Waals surface area contributed by atoms with Gasteiger partial charge >= 0.3 is 5.97 Å². The molecule has 0 aliphatic carbocycles. The summed E-state index contributed by atoms with van der Waals surface area (Å²) < 4.78 is 10.0. The number of nitrogens with zero attached hydrogens (tertiary/aromatic N) is 1. The van der Waals surface area contributed by atoms with Crippen molar-refractivity contribution in [3.8, 4) is 5.75 Å². The first-order valence-corrected chi connectivity index (χ1v) is 5.98. The topological polar surface area (TPSA) is 47.9 Å². The van der Waals surface area contributed by atoms with Crippen LogP contribution in [-0.4, -0.2) is 24.8 Å². The van der Waals surface area contributed by atoms with Gasteiger partial charge in [-0.1, -0.05) is 12.1 Å². The van der Waals surface area contributed by atoms with Crippen LogP contribution in [0.1, 0.15) is 24.9 Å². The maximum Gasteiger partial charge on any atom is 0.308 e. The maximum atomic E-state index is 11.5. The van der Waals surface area contributed by atoms with Crippen LogP contribution in [0.5, 0.6) is 5.75 Å². The highest BCUT2D eigenvalue weighted by atomic mass is 32.1. The van der Waals surface area contributed by atoms with E-state index >= 15 is 0 Å². The summed E-state index contributed by atoms with van der Waals surface area (Å²) in [5.74, 6) is 0.403. The number of methoxy groups -OCH3 is 1. The number of esters is 1. The molecule has 0 spiro atoms. The molecule has 0 saturated heterocycles. The van der Waals surface area contributed by atoms with Crippen LogP contribution in [0.4, 0.5) is 0 Å². The van der Waals surface area contributed by atoms with E-state index in [2.05, 4.69) is 22.4 Å². The Labute approximate surface area is 112 Å². The predicted molar refractivity (Wildman–Crippen MR) is 72.0 cm³/mol. The molecule has 18 heavy (non-hydrogen) atoms. The Hall–Kier alpha value is -1.71. The van der Waals surface area contributed by atoms with E-state index in [1.807, 2.05) is 24.3 Å². The van der Waals surface area contributed by atoms with Gasteiger partial charge in [-0.2, -0.15) is 0 Å². The monoisotopic (exact) mass is 265 g/mol. The Morgan fingerprint density at radius 2 is 2.33 bits per heavy atom. The fourth-order valence-corrected chi connectivity index (χ4v) is 1.66. The fourth-order valence-electron chi connectivity index (χ4n) is 1.53. The van der Waals surface area contributed by atoms with Crippen LogP contribution < -0.4 is 4.74 Å². The van der Waals surface area contributed by atoms with Crippen molar-refractivity contribution in [2.24, 2.45) is 4.99 Å². The number of ether oxygens (including phenoxy) is 2. The molecule has 0 saturated carbocycles. The van der Waals surface area contributed by atoms with Crippen molar-refractivity contribution in [3.63, 3.8) is 0 Å². The van der Waals surface area contributed by atoms with Crippen molar-refractivity contribution in [3.05, 3.63) is 29.8 Å². The zero-order valence-corrected chi connectivity index (χ0v) is 11.2.